The van der Waals surface area contributed by atoms with Crippen LogP contribution in [0.15, 0.2) is 24.3 Å². The summed E-state index contributed by atoms with van der Waals surface area (Å²) < 4.78 is 16.8. The van der Waals surface area contributed by atoms with Crippen molar-refractivity contribution in [1.82, 2.24) is 10.2 Å². The highest BCUT2D eigenvalue weighted by atomic mass is 16.6. The molecule has 0 aliphatic carbocycles. The number of amides is 2. The number of benzene rings is 1. The molecule has 7 nitrogen and oxygen atoms in total. The van der Waals surface area contributed by atoms with E-state index in [9.17, 15) is 9.59 Å². The molecule has 130 valence electrons. The van der Waals surface area contributed by atoms with Crippen LogP contribution in [-0.2, 0) is 14.3 Å². The maximum Gasteiger partial charge on any atom is 0.267 e. The first-order valence-corrected chi connectivity index (χ1v) is 8.26. The molecule has 0 radical (unpaired) electrons. The van der Waals surface area contributed by atoms with E-state index in [1.807, 2.05) is 18.2 Å². The minimum absolute atomic E-state index is 0.0792. The first-order chi connectivity index (χ1) is 11.7. The van der Waals surface area contributed by atoms with E-state index in [2.05, 4.69) is 5.32 Å². The van der Waals surface area contributed by atoms with Gasteiger partial charge in [-0.3, -0.25) is 9.59 Å². The summed E-state index contributed by atoms with van der Waals surface area (Å²) in [6.45, 7) is 2.64. The van der Waals surface area contributed by atoms with Gasteiger partial charge in [0.2, 0.25) is 12.0 Å². The molecule has 0 aromatic heterocycles. The molecule has 1 aromatic carbocycles. The number of hydrogen-bond donors (Lipinski definition) is 1. The molecular formula is C17H22N2O5. The molecule has 2 amide bonds. The third-order valence-corrected chi connectivity index (χ3v) is 3.99. The fraction of sp³-hybridized carbons (Fsp3) is 0.529. The van der Waals surface area contributed by atoms with Crippen LogP contribution < -0.4 is 14.8 Å². The third kappa shape index (κ3) is 4.17. The van der Waals surface area contributed by atoms with E-state index in [4.69, 9.17) is 14.2 Å². The van der Waals surface area contributed by atoms with Crippen LogP contribution in [0.5, 0.6) is 11.5 Å². The molecule has 1 fully saturated rings. The zero-order chi connectivity index (χ0) is 16.8. The molecule has 2 aliphatic heterocycles. The average Bonchev–Trinajstić information content (AvgIpc) is 2.66. The second-order valence-corrected chi connectivity index (χ2v) is 5.76. The number of hydrogen-bond acceptors (Lipinski definition) is 5. The molecule has 3 rings (SSSR count). The van der Waals surface area contributed by atoms with Gasteiger partial charge in [-0.1, -0.05) is 12.1 Å². The van der Waals surface area contributed by atoms with Crippen LogP contribution >= 0.6 is 0 Å². The van der Waals surface area contributed by atoms with Gasteiger partial charge < -0.3 is 24.4 Å². The SMILES string of the molecule is O=C1CCN(C(=O)C2COc3ccccc3O2)CCCOCCN1. The van der Waals surface area contributed by atoms with Crippen molar-refractivity contribution in [3.05, 3.63) is 24.3 Å². The van der Waals surface area contributed by atoms with Gasteiger partial charge in [-0.05, 0) is 18.6 Å². The Balaban J connectivity index is 1.64. The van der Waals surface area contributed by atoms with Crippen molar-refractivity contribution >= 4 is 11.8 Å². The molecule has 0 spiro atoms. The number of nitrogens with zero attached hydrogens (tertiary/aromatic N) is 1. The van der Waals surface area contributed by atoms with Crippen LogP contribution in [0.25, 0.3) is 0 Å². The molecule has 1 aromatic rings. The lowest BCUT2D eigenvalue weighted by molar-refractivity contribution is -0.141. The third-order valence-electron chi connectivity index (χ3n) is 3.99. The van der Waals surface area contributed by atoms with Crippen molar-refractivity contribution in [2.24, 2.45) is 0 Å². The lowest BCUT2D eigenvalue weighted by Crippen LogP contribution is -2.47. The van der Waals surface area contributed by atoms with Crippen LogP contribution in [0, 0.1) is 0 Å². The molecule has 1 atom stereocenters. The zero-order valence-electron chi connectivity index (χ0n) is 13.5. The monoisotopic (exact) mass is 334 g/mol. The number of carbonyl (C=O) groups excluding carboxylic acids is 2. The van der Waals surface area contributed by atoms with Gasteiger partial charge in [-0.25, -0.2) is 0 Å². The molecule has 0 saturated carbocycles. The Kier molecular flexibility index (Phi) is 5.53. The Morgan fingerprint density at radius 2 is 2.00 bits per heavy atom. The Morgan fingerprint density at radius 1 is 1.17 bits per heavy atom. The van der Waals surface area contributed by atoms with E-state index >= 15 is 0 Å². The van der Waals surface area contributed by atoms with Crippen molar-refractivity contribution in [3.63, 3.8) is 0 Å². The van der Waals surface area contributed by atoms with E-state index in [1.165, 1.54) is 0 Å². The average molecular weight is 334 g/mol. The van der Waals surface area contributed by atoms with Gasteiger partial charge in [-0.2, -0.15) is 0 Å². The Hall–Kier alpha value is -2.28. The summed E-state index contributed by atoms with van der Waals surface area (Å²) >= 11 is 0. The van der Waals surface area contributed by atoms with Crippen molar-refractivity contribution in [2.45, 2.75) is 18.9 Å². The Labute approximate surface area is 140 Å². The first-order valence-electron chi connectivity index (χ1n) is 8.26. The maximum atomic E-state index is 12.8. The Bertz CT molecular complexity index is 592. The zero-order valence-corrected chi connectivity index (χ0v) is 13.5. The summed E-state index contributed by atoms with van der Waals surface area (Å²) in [5, 5.41) is 2.77. The fourth-order valence-corrected chi connectivity index (χ4v) is 2.72. The normalized spacial score (nSPS) is 22.2. The first kappa shape index (κ1) is 16.6. The maximum absolute atomic E-state index is 12.8. The highest BCUT2D eigenvalue weighted by Crippen LogP contribution is 2.31. The minimum Gasteiger partial charge on any atom is -0.485 e. The van der Waals surface area contributed by atoms with Gasteiger partial charge in [0.05, 0.1) is 6.61 Å². The second-order valence-electron chi connectivity index (χ2n) is 5.76. The summed E-state index contributed by atoms with van der Waals surface area (Å²) in [7, 11) is 0. The standard InChI is InChI=1S/C17H22N2O5/c20-16-6-9-19(8-3-10-22-11-7-18-16)17(21)15-12-23-13-4-1-2-5-14(13)24-15/h1-2,4-5,15H,3,6-12H2,(H,18,20). The highest BCUT2D eigenvalue weighted by Gasteiger charge is 2.31. The van der Waals surface area contributed by atoms with Crippen LogP contribution in [0.3, 0.4) is 0 Å². The largest absolute Gasteiger partial charge is 0.485 e. The van der Waals surface area contributed by atoms with Gasteiger partial charge in [0.1, 0.15) is 6.61 Å². The van der Waals surface area contributed by atoms with Gasteiger partial charge in [0.25, 0.3) is 5.91 Å². The summed E-state index contributed by atoms with van der Waals surface area (Å²) in [5.74, 6) is 0.980. The van der Waals surface area contributed by atoms with Crippen LogP contribution in [0.2, 0.25) is 0 Å². The molecular weight excluding hydrogens is 312 g/mol. The summed E-state index contributed by atoms with van der Waals surface area (Å²) in [6.07, 6.45) is 0.314. The van der Waals surface area contributed by atoms with Crippen LogP contribution in [0.4, 0.5) is 0 Å². The molecule has 1 N–H and O–H groups in total. The minimum atomic E-state index is -0.686. The quantitative estimate of drug-likeness (QED) is 0.813. The fourth-order valence-electron chi connectivity index (χ4n) is 2.72. The topological polar surface area (TPSA) is 77.1 Å². The predicted octanol–water partition coefficient (Wildman–Crippen LogP) is 0.582. The number of fused-ring (bicyclic) bond motifs is 1. The second kappa shape index (κ2) is 8.01. The van der Waals surface area contributed by atoms with Gasteiger partial charge >= 0.3 is 0 Å². The molecule has 7 heteroatoms. The number of rotatable bonds is 1. The van der Waals surface area contributed by atoms with Crippen molar-refractivity contribution in [2.75, 3.05) is 39.5 Å². The molecule has 2 aliphatic rings. The lowest BCUT2D eigenvalue weighted by Gasteiger charge is -2.30. The lowest BCUT2D eigenvalue weighted by atomic mass is 10.2. The Morgan fingerprint density at radius 3 is 2.88 bits per heavy atom. The predicted molar refractivity (Wildman–Crippen MR) is 86.0 cm³/mol. The van der Waals surface area contributed by atoms with Gasteiger partial charge in [0.15, 0.2) is 11.5 Å². The number of carbonyl (C=O) groups is 2. The number of ether oxygens (including phenoxy) is 3. The van der Waals surface area contributed by atoms with E-state index in [0.29, 0.717) is 44.3 Å². The molecule has 2 heterocycles. The summed E-state index contributed by atoms with van der Waals surface area (Å²) in [6, 6.07) is 7.29. The smallest absolute Gasteiger partial charge is 0.267 e. The van der Waals surface area contributed by atoms with E-state index in [-0.39, 0.29) is 24.8 Å². The summed E-state index contributed by atoms with van der Waals surface area (Å²) in [4.78, 5) is 26.2. The molecule has 24 heavy (non-hydrogen) atoms. The number of para-hydroxylation sites is 2. The van der Waals surface area contributed by atoms with Crippen LogP contribution in [-0.4, -0.2) is 62.3 Å². The van der Waals surface area contributed by atoms with E-state index < -0.39 is 6.10 Å². The number of nitrogens with one attached hydrogen (secondary N) is 1. The van der Waals surface area contributed by atoms with Crippen molar-refractivity contribution in [3.8, 4) is 11.5 Å². The van der Waals surface area contributed by atoms with E-state index in [0.717, 1.165) is 6.42 Å². The molecule has 1 saturated heterocycles. The summed E-state index contributed by atoms with van der Waals surface area (Å²) in [5.41, 5.74) is 0. The van der Waals surface area contributed by atoms with Gasteiger partial charge in [0, 0.05) is 32.7 Å². The molecule has 1 unspecified atom stereocenters. The van der Waals surface area contributed by atoms with Gasteiger partial charge in [-0.15, -0.1) is 0 Å². The highest BCUT2D eigenvalue weighted by molar-refractivity contribution is 5.83. The van der Waals surface area contributed by atoms with E-state index in [1.54, 1.807) is 11.0 Å². The van der Waals surface area contributed by atoms with Crippen molar-refractivity contribution < 1.29 is 23.8 Å². The molecule has 0 bridgehead atoms. The van der Waals surface area contributed by atoms with Crippen LogP contribution in [0.1, 0.15) is 12.8 Å². The van der Waals surface area contributed by atoms with Crippen molar-refractivity contribution in [1.29, 1.82) is 0 Å².